The van der Waals surface area contributed by atoms with E-state index in [0.29, 0.717) is 12.1 Å². The molecular formula is C19H22FN7O4S. The molecule has 2 saturated heterocycles. The van der Waals surface area contributed by atoms with Crippen molar-refractivity contribution in [2.24, 2.45) is 5.73 Å². The van der Waals surface area contributed by atoms with Crippen molar-refractivity contribution >= 4 is 34.4 Å². The SMILES string of the molecule is CC(C(=O)NN1CCN(c2nnc(C(N)=O)s2)C(F)C1)(c1ccccc1)C1CNC(=O)O1. The third-order valence-electron chi connectivity index (χ3n) is 5.62. The minimum absolute atomic E-state index is 0.00119. The zero-order valence-electron chi connectivity index (χ0n) is 17.2. The molecule has 2 aliphatic heterocycles. The molecule has 4 rings (SSSR count). The Morgan fingerprint density at radius 1 is 1.31 bits per heavy atom. The normalized spacial score (nSPS) is 23.2. The minimum atomic E-state index is -1.49. The quantitative estimate of drug-likeness (QED) is 0.514. The highest BCUT2D eigenvalue weighted by molar-refractivity contribution is 7.17. The van der Waals surface area contributed by atoms with Gasteiger partial charge in [-0.15, -0.1) is 10.2 Å². The summed E-state index contributed by atoms with van der Waals surface area (Å²) in [7, 11) is 0. The second kappa shape index (κ2) is 8.67. The largest absolute Gasteiger partial charge is 0.443 e. The maximum absolute atomic E-state index is 14.9. The number of cyclic esters (lactones) is 1. The summed E-state index contributed by atoms with van der Waals surface area (Å²) in [6, 6.07) is 8.99. The van der Waals surface area contributed by atoms with Crippen LogP contribution in [0.15, 0.2) is 30.3 Å². The number of alkyl carbamates (subject to hydrolysis) is 1. The number of anilines is 1. The molecule has 170 valence electrons. The molecule has 3 atom stereocenters. The van der Waals surface area contributed by atoms with Crippen molar-refractivity contribution in [3.63, 3.8) is 0 Å². The number of hydrogen-bond acceptors (Lipinski definition) is 9. The zero-order valence-corrected chi connectivity index (χ0v) is 18.0. The van der Waals surface area contributed by atoms with E-state index < -0.39 is 35.7 Å². The van der Waals surface area contributed by atoms with Gasteiger partial charge in [0.2, 0.25) is 16.0 Å². The van der Waals surface area contributed by atoms with Gasteiger partial charge >= 0.3 is 6.09 Å². The Kier molecular flexibility index (Phi) is 5.93. The first kappa shape index (κ1) is 21.9. The van der Waals surface area contributed by atoms with Crippen LogP contribution in [0.3, 0.4) is 0 Å². The molecule has 2 aromatic rings. The number of ether oxygens (including phenoxy) is 1. The van der Waals surface area contributed by atoms with Crippen molar-refractivity contribution in [2.45, 2.75) is 24.7 Å². The number of alkyl halides is 1. The van der Waals surface area contributed by atoms with Gasteiger partial charge in [0.15, 0.2) is 6.30 Å². The van der Waals surface area contributed by atoms with E-state index in [4.69, 9.17) is 10.5 Å². The third kappa shape index (κ3) is 4.08. The van der Waals surface area contributed by atoms with Crippen LogP contribution in [-0.2, 0) is 14.9 Å². The smallest absolute Gasteiger partial charge is 0.407 e. The lowest BCUT2D eigenvalue weighted by Gasteiger charge is -2.39. The molecule has 1 aromatic heterocycles. The summed E-state index contributed by atoms with van der Waals surface area (Å²) in [6.07, 6.45) is -2.81. The van der Waals surface area contributed by atoms with Gasteiger partial charge in [0, 0.05) is 13.1 Å². The van der Waals surface area contributed by atoms with Crippen LogP contribution < -0.4 is 21.4 Å². The van der Waals surface area contributed by atoms with Crippen LogP contribution in [0.5, 0.6) is 0 Å². The van der Waals surface area contributed by atoms with Crippen LogP contribution >= 0.6 is 11.3 Å². The number of halogens is 1. The summed E-state index contributed by atoms with van der Waals surface area (Å²) in [5.74, 6) is -1.14. The number of aromatic nitrogens is 2. The molecule has 3 unspecified atom stereocenters. The Balaban J connectivity index is 1.47. The summed E-state index contributed by atoms with van der Waals surface area (Å²) >= 11 is 0.913. The number of rotatable bonds is 6. The molecule has 32 heavy (non-hydrogen) atoms. The molecular weight excluding hydrogens is 441 g/mol. The highest BCUT2D eigenvalue weighted by atomic mass is 32.1. The second-order valence-corrected chi connectivity index (χ2v) is 8.57. The second-order valence-electron chi connectivity index (χ2n) is 7.61. The first-order valence-electron chi connectivity index (χ1n) is 9.89. The fourth-order valence-corrected chi connectivity index (χ4v) is 4.47. The molecule has 3 heterocycles. The molecule has 0 aliphatic carbocycles. The third-order valence-corrected chi connectivity index (χ3v) is 6.60. The lowest BCUT2D eigenvalue weighted by Crippen LogP contribution is -2.61. The molecule has 2 aliphatic rings. The van der Waals surface area contributed by atoms with E-state index >= 15 is 0 Å². The van der Waals surface area contributed by atoms with Gasteiger partial charge in [-0.25, -0.2) is 14.2 Å². The van der Waals surface area contributed by atoms with Crippen LogP contribution in [-0.4, -0.2) is 71.7 Å². The number of amides is 3. The Hall–Kier alpha value is -3.32. The summed E-state index contributed by atoms with van der Waals surface area (Å²) in [5.41, 5.74) is 7.43. The molecule has 2 fully saturated rings. The van der Waals surface area contributed by atoms with Crippen LogP contribution in [0.25, 0.3) is 0 Å². The number of nitrogens with two attached hydrogens (primary N) is 1. The molecule has 4 N–H and O–H groups in total. The van der Waals surface area contributed by atoms with Crippen molar-refractivity contribution in [1.29, 1.82) is 0 Å². The van der Waals surface area contributed by atoms with Crippen LogP contribution in [0.4, 0.5) is 14.3 Å². The van der Waals surface area contributed by atoms with Gasteiger partial charge in [-0.1, -0.05) is 41.7 Å². The van der Waals surface area contributed by atoms with E-state index in [1.807, 2.05) is 6.07 Å². The van der Waals surface area contributed by atoms with Crippen molar-refractivity contribution in [1.82, 2.24) is 25.9 Å². The highest BCUT2D eigenvalue weighted by Gasteiger charge is 2.48. The number of hydrazine groups is 1. The van der Waals surface area contributed by atoms with Gasteiger partial charge in [0.25, 0.3) is 5.91 Å². The van der Waals surface area contributed by atoms with E-state index in [2.05, 4.69) is 20.9 Å². The maximum Gasteiger partial charge on any atom is 0.407 e. The molecule has 0 bridgehead atoms. The van der Waals surface area contributed by atoms with Crippen molar-refractivity contribution in [2.75, 3.05) is 31.1 Å². The number of primary amides is 1. The first-order valence-corrected chi connectivity index (χ1v) is 10.7. The monoisotopic (exact) mass is 463 g/mol. The average molecular weight is 463 g/mol. The number of hydrogen-bond donors (Lipinski definition) is 3. The zero-order chi connectivity index (χ0) is 22.9. The Morgan fingerprint density at radius 2 is 2.06 bits per heavy atom. The van der Waals surface area contributed by atoms with E-state index in [9.17, 15) is 18.8 Å². The van der Waals surface area contributed by atoms with Crippen LogP contribution in [0.1, 0.15) is 22.3 Å². The van der Waals surface area contributed by atoms with Gasteiger partial charge < -0.3 is 20.7 Å². The fraction of sp³-hybridized carbons (Fsp3) is 0.421. The number of piperazine rings is 1. The molecule has 0 radical (unpaired) electrons. The number of carbonyl (C=O) groups is 3. The summed E-state index contributed by atoms with van der Waals surface area (Å²) in [5, 5.41) is 11.8. The molecule has 11 nitrogen and oxygen atoms in total. The first-order chi connectivity index (χ1) is 15.3. The van der Waals surface area contributed by atoms with E-state index in [0.717, 1.165) is 11.3 Å². The van der Waals surface area contributed by atoms with E-state index in [1.54, 1.807) is 31.2 Å². The molecule has 13 heteroatoms. The summed E-state index contributed by atoms with van der Waals surface area (Å²) < 4.78 is 20.2. The molecule has 1 aromatic carbocycles. The van der Waals surface area contributed by atoms with E-state index in [-0.39, 0.29) is 29.8 Å². The highest BCUT2D eigenvalue weighted by Crippen LogP contribution is 2.32. The van der Waals surface area contributed by atoms with Crippen molar-refractivity contribution in [3.8, 4) is 0 Å². The Bertz CT molecular complexity index is 1020. The number of nitrogens with one attached hydrogen (secondary N) is 2. The summed E-state index contributed by atoms with van der Waals surface area (Å²) in [6.45, 7) is 2.24. The number of carbonyl (C=O) groups excluding carboxylic acids is 3. The average Bonchev–Trinajstić information content (AvgIpc) is 3.43. The minimum Gasteiger partial charge on any atom is -0.443 e. The van der Waals surface area contributed by atoms with Gasteiger partial charge in [0.05, 0.1) is 13.1 Å². The van der Waals surface area contributed by atoms with Gasteiger partial charge in [-0.3, -0.25) is 15.0 Å². The van der Waals surface area contributed by atoms with Crippen LogP contribution in [0, 0.1) is 0 Å². The lowest BCUT2D eigenvalue weighted by molar-refractivity contribution is -0.135. The van der Waals surface area contributed by atoms with Crippen molar-refractivity contribution in [3.05, 3.63) is 40.9 Å². The predicted molar refractivity (Wildman–Crippen MR) is 112 cm³/mol. The molecule has 3 amide bonds. The number of nitrogens with zero attached hydrogens (tertiary/aromatic N) is 4. The predicted octanol–water partition coefficient (Wildman–Crippen LogP) is 0.152. The number of benzene rings is 1. The fourth-order valence-electron chi connectivity index (χ4n) is 3.71. The van der Waals surface area contributed by atoms with Gasteiger partial charge in [0.1, 0.15) is 11.5 Å². The Morgan fingerprint density at radius 3 is 2.66 bits per heavy atom. The van der Waals surface area contributed by atoms with Gasteiger partial charge in [-0.05, 0) is 12.5 Å². The van der Waals surface area contributed by atoms with Gasteiger partial charge in [-0.2, -0.15) is 0 Å². The molecule has 0 saturated carbocycles. The topological polar surface area (TPSA) is 143 Å². The van der Waals surface area contributed by atoms with Crippen molar-refractivity contribution < 1.29 is 23.5 Å². The molecule has 0 spiro atoms. The summed E-state index contributed by atoms with van der Waals surface area (Å²) in [4.78, 5) is 37.6. The van der Waals surface area contributed by atoms with E-state index in [1.165, 1.54) is 9.91 Å². The maximum atomic E-state index is 14.9. The van der Waals surface area contributed by atoms with Crippen LogP contribution in [0.2, 0.25) is 0 Å². The standard InChI is InChI=1S/C19H22FN7O4S/c1-19(11-5-3-2-4-6-11,12-9-22-18(30)31-12)16(29)25-26-7-8-27(13(20)10-26)17-24-23-15(32-17)14(21)28/h2-6,12-13H,7-10H2,1H3,(H2,21,28)(H,22,30)(H,25,29). The lowest BCUT2D eigenvalue weighted by atomic mass is 9.76. The Labute approximate surface area is 186 Å².